The third-order valence-corrected chi connectivity index (χ3v) is 4.12. The van der Waals surface area contributed by atoms with E-state index in [-0.39, 0.29) is 5.91 Å². The van der Waals surface area contributed by atoms with Crippen LogP contribution in [0.4, 0.5) is 5.69 Å². The molecule has 0 spiro atoms. The molecule has 20 heavy (non-hydrogen) atoms. The molecule has 5 heteroatoms. The van der Waals surface area contributed by atoms with Crippen LogP contribution in [-0.4, -0.2) is 22.7 Å². The minimum atomic E-state index is -0.970. The molecule has 0 saturated heterocycles. The summed E-state index contributed by atoms with van der Waals surface area (Å²) < 4.78 is 0. The minimum absolute atomic E-state index is 0.286. The van der Waals surface area contributed by atoms with Gasteiger partial charge >= 0.3 is 5.97 Å². The number of carboxylic acid groups (broad SMARTS) is 1. The quantitative estimate of drug-likeness (QED) is 0.598. The third-order valence-electron chi connectivity index (χ3n) is 3.05. The van der Waals surface area contributed by atoms with Crippen LogP contribution in [0.1, 0.15) is 13.8 Å². The zero-order valence-corrected chi connectivity index (χ0v) is 12.4. The van der Waals surface area contributed by atoms with Crippen LogP contribution in [0.15, 0.2) is 41.8 Å². The van der Waals surface area contributed by atoms with Gasteiger partial charge in [-0.2, -0.15) is 0 Å². The minimum Gasteiger partial charge on any atom is -0.481 e. The lowest BCUT2D eigenvalue weighted by Gasteiger charge is -2.17. The van der Waals surface area contributed by atoms with Crippen molar-refractivity contribution in [3.05, 3.63) is 36.9 Å². The Morgan fingerprint density at radius 3 is 2.60 bits per heavy atom. The van der Waals surface area contributed by atoms with Crippen molar-refractivity contribution < 1.29 is 14.7 Å². The number of aliphatic carboxylic acids is 1. The molecular weight excluding hydrogens is 274 g/mol. The van der Waals surface area contributed by atoms with Gasteiger partial charge in [-0.1, -0.05) is 32.1 Å². The van der Waals surface area contributed by atoms with E-state index in [1.54, 1.807) is 24.8 Å². The van der Waals surface area contributed by atoms with Crippen molar-refractivity contribution in [3.63, 3.8) is 0 Å². The molecule has 0 saturated carbocycles. The van der Waals surface area contributed by atoms with E-state index in [9.17, 15) is 9.59 Å². The fourth-order valence-corrected chi connectivity index (χ4v) is 2.28. The average molecular weight is 293 g/mol. The Balaban J connectivity index is 2.79. The van der Waals surface area contributed by atoms with Crippen molar-refractivity contribution in [1.82, 2.24) is 0 Å². The first-order chi connectivity index (χ1) is 9.47. The zero-order valence-electron chi connectivity index (χ0n) is 11.6. The lowest BCUT2D eigenvalue weighted by atomic mass is 9.95. The lowest BCUT2D eigenvalue weighted by Crippen LogP contribution is -2.30. The Bertz CT molecular complexity index is 502. The van der Waals surface area contributed by atoms with Crippen molar-refractivity contribution in [2.45, 2.75) is 18.7 Å². The number of anilines is 1. The Labute approximate surface area is 123 Å². The number of carbonyl (C=O) groups is 2. The van der Waals surface area contributed by atoms with E-state index >= 15 is 0 Å². The summed E-state index contributed by atoms with van der Waals surface area (Å²) >= 11 is 1.57. The number of hydrogen-bond donors (Lipinski definition) is 2. The van der Waals surface area contributed by atoms with Gasteiger partial charge in [-0.05, 0) is 12.1 Å². The molecule has 0 radical (unpaired) electrons. The molecule has 0 aliphatic heterocycles. The van der Waals surface area contributed by atoms with E-state index in [1.165, 1.54) is 6.92 Å². The zero-order chi connectivity index (χ0) is 15.1. The van der Waals surface area contributed by atoms with E-state index in [0.29, 0.717) is 5.69 Å². The number of benzene rings is 1. The number of thioether (sulfide) groups is 1. The average Bonchev–Trinajstić information content (AvgIpc) is 2.44. The van der Waals surface area contributed by atoms with E-state index in [1.807, 2.05) is 24.3 Å². The molecule has 2 N–H and O–H groups in total. The van der Waals surface area contributed by atoms with Crippen LogP contribution in [0, 0.1) is 11.8 Å². The Hall–Kier alpha value is -1.75. The summed E-state index contributed by atoms with van der Waals surface area (Å²) in [5, 5.41) is 11.7. The normalized spacial score (nSPS) is 13.3. The predicted molar refractivity (Wildman–Crippen MR) is 82.0 cm³/mol. The van der Waals surface area contributed by atoms with Gasteiger partial charge in [-0.15, -0.1) is 18.3 Å². The highest BCUT2D eigenvalue weighted by Crippen LogP contribution is 2.27. The van der Waals surface area contributed by atoms with E-state index < -0.39 is 17.8 Å². The second-order valence-corrected chi connectivity index (χ2v) is 5.56. The number of amides is 1. The van der Waals surface area contributed by atoms with Gasteiger partial charge in [0.15, 0.2) is 0 Å². The number of hydrogen-bond acceptors (Lipinski definition) is 3. The SMILES string of the molecule is C=CCSc1ccccc1NC(=O)C(C)C(C)C(=O)O. The van der Waals surface area contributed by atoms with Gasteiger partial charge in [0.2, 0.25) is 5.91 Å². The van der Waals surface area contributed by atoms with Crippen LogP contribution in [0.2, 0.25) is 0 Å². The maximum absolute atomic E-state index is 12.1. The van der Waals surface area contributed by atoms with Crippen molar-refractivity contribution in [3.8, 4) is 0 Å². The van der Waals surface area contributed by atoms with Gasteiger partial charge in [0, 0.05) is 16.6 Å². The molecule has 108 valence electrons. The van der Waals surface area contributed by atoms with Crippen molar-refractivity contribution in [2.75, 3.05) is 11.1 Å². The molecule has 1 rings (SSSR count). The molecule has 4 nitrogen and oxygen atoms in total. The monoisotopic (exact) mass is 293 g/mol. The second-order valence-electron chi connectivity index (χ2n) is 4.50. The standard InChI is InChI=1S/C15H19NO3S/c1-4-9-20-13-8-6-5-7-12(13)16-14(17)10(2)11(3)15(18)19/h4-8,10-11H,1,9H2,2-3H3,(H,16,17)(H,18,19). The van der Waals surface area contributed by atoms with Crippen LogP contribution in [-0.2, 0) is 9.59 Å². The highest BCUT2D eigenvalue weighted by molar-refractivity contribution is 7.99. The van der Waals surface area contributed by atoms with E-state index in [4.69, 9.17) is 5.11 Å². The Kier molecular flexibility index (Phi) is 6.31. The van der Waals surface area contributed by atoms with E-state index in [2.05, 4.69) is 11.9 Å². The highest BCUT2D eigenvalue weighted by Gasteiger charge is 2.26. The Morgan fingerprint density at radius 1 is 1.35 bits per heavy atom. The van der Waals surface area contributed by atoms with Crippen LogP contribution in [0.25, 0.3) is 0 Å². The molecule has 0 aliphatic carbocycles. The van der Waals surface area contributed by atoms with Crippen LogP contribution >= 0.6 is 11.8 Å². The summed E-state index contributed by atoms with van der Waals surface area (Å²) in [6.07, 6.45) is 1.79. The molecule has 0 aromatic heterocycles. The summed E-state index contributed by atoms with van der Waals surface area (Å²) in [7, 11) is 0. The number of rotatable bonds is 7. The summed E-state index contributed by atoms with van der Waals surface area (Å²) in [6, 6.07) is 7.44. The van der Waals surface area contributed by atoms with Gasteiger partial charge in [0.05, 0.1) is 11.6 Å². The molecular formula is C15H19NO3S. The predicted octanol–water partition coefficient (Wildman–Crippen LogP) is 3.26. The number of carboxylic acids is 1. The largest absolute Gasteiger partial charge is 0.481 e. The summed E-state index contributed by atoms with van der Waals surface area (Å²) in [5.74, 6) is -1.82. The second kappa shape index (κ2) is 7.75. The maximum atomic E-state index is 12.1. The molecule has 1 aromatic carbocycles. The lowest BCUT2D eigenvalue weighted by molar-refractivity contribution is -0.145. The van der Waals surface area contributed by atoms with Gasteiger partial charge in [0.1, 0.15) is 0 Å². The molecule has 0 heterocycles. The smallest absolute Gasteiger partial charge is 0.307 e. The number of carbonyl (C=O) groups excluding carboxylic acids is 1. The first-order valence-corrected chi connectivity index (χ1v) is 7.32. The van der Waals surface area contributed by atoms with Crippen LogP contribution in [0.5, 0.6) is 0 Å². The summed E-state index contributed by atoms with van der Waals surface area (Å²) in [6.45, 7) is 6.82. The molecule has 2 atom stereocenters. The maximum Gasteiger partial charge on any atom is 0.307 e. The molecule has 0 aliphatic rings. The fourth-order valence-electron chi connectivity index (χ4n) is 1.53. The topological polar surface area (TPSA) is 66.4 Å². The summed E-state index contributed by atoms with van der Waals surface area (Å²) in [4.78, 5) is 23.9. The van der Waals surface area contributed by atoms with Gasteiger partial charge in [0.25, 0.3) is 0 Å². The third kappa shape index (κ3) is 4.42. The van der Waals surface area contributed by atoms with Gasteiger partial charge in [-0.25, -0.2) is 0 Å². The van der Waals surface area contributed by atoms with Crippen molar-refractivity contribution in [1.29, 1.82) is 0 Å². The highest BCUT2D eigenvalue weighted by atomic mass is 32.2. The van der Waals surface area contributed by atoms with Crippen LogP contribution in [0.3, 0.4) is 0 Å². The van der Waals surface area contributed by atoms with Crippen molar-refractivity contribution in [2.24, 2.45) is 11.8 Å². The fraction of sp³-hybridized carbons (Fsp3) is 0.333. The molecule has 1 aromatic rings. The molecule has 1 amide bonds. The van der Waals surface area contributed by atoms with E-state index in [0.717, 1.165) is 10.6 Å². The molecule has 0 bridgehead atoms. The molecule has 2 unspecified atom stereocenters. The van der Waals surface area contributed by atoms with Crippen LogP contribution < -0.4 is 5.32 Å². The van der Waals surface area contributed by atoms with Gasteiger partial charge < -0.3 is 10.4 Å². The van der Waals surface area contributed by atoms with Crippen molar-refractivity contribution >= 4 is 29.3 Å². The number of nitrogens with one attached hydrogen (secondary N) is 1. The Morgan fingerprint density at radius 2 is 2.00 bits per heavy atom. The van der Waals surface area contributed by atoms with Gasteiger partial charge in [-0.3, -0.25) is 9.59 Å². The first-order valence-electron chi connectivity index (χ1n) is 6.33. The first kappa shape index (κ1) is 16.3. The molecule has 0 fully saturated rings. The summed E-state index contributed by atoms with van der Waals surface area (Å²) in [5.41, 5.74) is 0.703. The number of para-hydroxylation sites is 1.